The first-order valence-electron chi connectivity index (χ1n) is 9.08. The summed E-state index contributed by atoms with van der Waals surface area (Å²) in [6, 6.07) is 21.0. The Morgan fingerprint density at radius 1 is 0.931 bits per heavy atom. The number of carbonyl (C=O) groups is 1. The molecule has 0 saturated heterocycles. The Morgan fingerprint density at radius 3 is 2.34 bits per heavy atom. The number of phenols is 1. The molecule has 0 bridgehead atoms. The molecule has 0 fully saturated rings. The van der Waals surface area contributed by atoms with Gasteiger partial charge in [-0.15, -0.1) is 10.2 Å². The Labute approximate surface area is 167 Å². The lowest BCUT2D eigenvalue weighted by Gasteiger charge is -2.13. The smallest absolute Gasteiger partial charge is 0.335 e. The van der Waals surface area contributed by atoms with Crippen LogP contribution >= 0.6 is 0 Å². The third kappa shape index (κ3) is 3.34. The number of hydrogen-bond donors (Lipinski definition) is 1. The number of aromatic hydroxyl groups is 1. The van der Waals surface area contributed by atoms with Gasteiger partial charge in [-0.25, -0.2) is 4.79 Å². The largest absolute Gasteiger partial charge is 0.504 e. The number of benzene rings is 4. The highest BCUT2D eigenvalue weighted by Crippen LogP contribution is 2.45. The summed E-state index contributed by atoms with van der Waals surface area (Å²) in [4.78, 5) is 11.7. The van der Waals surface area contributed by atoms with Gasteiger partial charge in [-0.2, -0.15) is 0 Å². The van der Waals surface area contributed by atoms with E-state index in [0.29, 0.717) is 16.6 Å². The molecule has 5 heteroatoms. The van der Waals surface area contributed by atoms with Crippen molar-refractivity contribution in [2.45, 2.75) is 6.92 Å². The van der Waals surface area contributed by atoms with Gasteiger partial charge in [0.15, 0.2) is 11.5 Å². The van der Waals surface area contributed by atoms with Crippen LogP contribution < -0.4 is 4.74 Å². The molecule has 0 aliphatic rings. The molecule has 0 spiro atoms. The fraction of sp³-hybridized carbons (Fsp3) is 0.0417. The van der Waals surface area contributed by atoms with E-state index in [-0.39, 0.29) is 11.5 Å². The van der Waals surface area contributed by atoms with Gasteiger partial charge in [0, 0.05) is 27.8 Å². The van der Waals surface area contributed by atoms with Gasteiger partial charge in [-0.3, -0.25) is 0 Å². The molecule has 0 atom stereocenters. The van der Waals surface area contributed by atoms with Crippen LogP contribution in [0.2, 0.25) is 0 Å². The van der Waals surface area contributed by atoms with E-state index in [0.717, 1.165) is 27.9 Å². The molecule has 0 aromatic heterocycles. The zero-order chi connectivity index (χ0) is 20.4. The van der Waals surface area contributed by atoms with Crippen molar-refractivity contribution >= 4 is 38.9 Å². The van der Waals surface area contributed by atoms with Gasteiger partial charge in [0.1, 0.15) is 5.69 Å². The van der Waals surface area contributed by atoms with Crippen LogP contribution in [0.15, 0.2) is 89.6 Å². The second kappa shape index (κ2) is 7.56. The van der Waals surface area contributed by atoms with E-state index < -0.39 is 5.97 Å². The SMILES string of the molecule is C=CC(=O)Oc1c(O)c(C)c(N=Nc2cccc3ccccc23)c2ccccc12. The third-order valence-electron chi connectivity index (χ3n) is 4.75. The average molecular weight is 382 g/mol. The van der Waals surface area contributed by atoms with Crippen LogP contribution in [0.3, 0.4) is 0 Å². The molecule has 0 amide bonds. The molecule has 0 unspecified atom stereocenters. The maximum absolute atomic E-state index is 11.7. The van der Waals surface area contributed by atoms with Gasteiger partial charge in [0.05, 0.1) is 5.69 Å². The predicted octanol–water partition coefficient (Wildman–Crippen LogP) is 6.51. The summed E-state index contributed by atoms with van der Waals surface area (Å²) in [5.74, 6) is -0.701. The molecule has 4 aromatic carbocycles. The van der Waals surface area contributed by atoms with Crippen molar-refractivity contribution in [3.05, 3.63) is 84.9 Å². The third-order valence-corrected chi connectivity index (χ3v) is 4.75. The number of fused-ring (bicyclic) bond motifs is 2. The van der Waals surface area contributed by atoms with Crippen LogP contribution in [0, 0.1) is 6.92 Å². The first-order valence-corrected chi connectivity index (χ1v) is 9.08. The Bertz CT molecular complexity index is 1290. The van der Waals surface area contributed by atoms with Crippen LogP contribution in [0.1, 0.15) is 5.56 Å². The Hall–Kier alpha value is -3.99. The lowest BCUT2D eigenvalue weighted by atomic mass is 10.0. The molecule has 29 heavy (non-hydrogen) atoms. The summed E-state index contributed by atoms with van der Waals surface area (Å²) in [6.45, 7) is 5.12. The molecule has 0 saturated carbocycles. The monoisotopic (exact) mass is 382 g/mol. The quantitative estimate of drug-likeness (QED) is 0.189. The van der Waals surface area contributed by atoms with E-state index in [9.17, 15) is 9.90 Å². The van der Waals surface area contributed by atoms with E-state index in [2.05, 4.69) is 16.8 Å². The highest BCUT2D eigenvalue weighted by atomic mass is 16.5. The van der Waals surface area contributed by atoms with Gasteiger partial charge in [0.2, 0.25) is 0 Å². The molecule has 0 radical (unpaired) electrons. The van der Waals surface area contributed by atoms with Gasteiger partial charge < -0.3 is 9.84 Å². The highest BCUT2D eigenvalue weighted by molar-refractivity contribution is 6.02. The number of nitrogens with zero attached hydrogens (tertiary/aromatic N) is 2. The minimum Gasteiger partial charge on any atom is -0.504 e. The van der Waals surface area contributed by atoms with Crippen LogP contribution in [-0.2, 0) is 4.79 Å². The van der Waals surface area contributed by atoms with Crippen molar-refractivity contribution < 1.29 is 14.6 Å². The normalized spacial score (nSPS) is 11.2. The second-order valence-corrected chi connectivity index (χ2v) is 6.52. The van der Waals surface area contributed by atoms with Crippen LogP contribution in [0.5, 0.6) is 11.5 Å². The lowest BCUT2D eigenvalue weighted by molar-refractivity contribution is -0.128. The first-order chi connectivity index (χ1) is 14.1. The summed E-state index contributed by atoms with van der Waals surface area (Å²) >= 11 is 0. The molecular formula is C24H18N2O3. The minimum absolute atomic E-state index is 0.0899. The van der Waals surface area contributed by atoms with Crippen molar-refractivity contribution in [2.24, 2.45) is 10.2 Å². The fourth-order valence-corrected chi connectivity index (χ4v) is 3.27. The number of azo groups is 1. The maximum atomic E-state index is 11.7. The molecule has 1 N–H and O–H groups in total. The van der Waals surface area contributed by atoms with Gasteiger partial charge in [-0.1, -0.05) is 67.2 Å². The Balaban J connectivity index is 1.89. The molecule has 142 valence electrons. The van der Waals surface area contributed by atoms with E-state index in [4.69, 9.17) is 4.74 Å². The number of phenolic OH excluding ortho intramolecular Hbond substituents is 1. The van der Waals surface area contributed by atoms with Crippen molar-refractivity contribution in [3.8, 4) is 11.5 Å². The average Bonchev–Trinajstić information content (AvgIpc) is 2.76. The summed E-state index contributed by atoms with van der Waals surface area (Å²) < 4.78 is 5.28. The number of esters is 1. The fourth-order valence-electron chi connectivity index (χ4n) is 3.27. The first kappa shape index (κ1) is 18.4. The Morgan fingerprint density at radius 2 is 1.59 bits per heavy atom. The number of carbonyl (C=O) groups excluding carboxylic acids is 1. The van der Waals surface area contributed by atoms with Gasteiger partial charge >= 0.3 is 5.97 Å². The maximum Gasteiger partial charge on any atom is 0.335 e. The number of hydrogen-bond acceptors (Lipinski definition) is 5. The Kier molecular flexibility index (Phi) is 4.79. The van der Waals surface area contributed by atoms with Gasteiger partial charge in [0.25, 0.3) is 0 Å². The van der Waals surface area contributed by atoms with Crippen LogP contribution in [0.25, 0.3) is 21.5 Å². The highest BCUT2D eigenvalue weighted by Gasteiger charge is 2.19. The molecule has 4 aromatic rings. The van der Waals surface area contributed by atoms with E-state index in [1.54, 1.807) is 19.1 Å². The van der Waals surface area contributed by atoms with E-state index in [1.165, 1.54) is 0 Å². The van der Waals surface area contributed by atoms with E-state index >= 15 is 0 Å². The lowest BCUT2D eigenvalue weighted by Crippen LogP contribution is -2.04. The molecule has 0 aliphatic carbocycles. The van der Waals surface area contributed by atoms with Crippen LogP contribution in [0.4, 0.5) is 11.4 Å². The summed E-state index contributed by atoms with van der Waals surface area (Å²) in [5, 5.41) is 22.9. The zero-order valence-electron chi connectivity index (χ0n) is 15.8. The molecule has 0 heterocycles. The number of ether oxygens (including phenoxy) is 1. The zero-order valence-corrected chi connectivity index (χ0v) is 15.8. The second-order valence-electron chi connectivity index (χ2n) is 6.52. The molecular weight excluding hydrogens is 364 g/mol. The van der Waals surface area contributed by atoms with Crippen LogP contribution in [-0.4, -0.2) is 11.1 Å². The molecule has 4 rings (SSSR count). The summed E-state index contributed by atoms with van der Waals surface area (Å²) in [6.07, 6.45) is 1.05. The standard InChI is InChI=1S/C24H18N2O3/c1-3-21(27)29-24-19-13-7-6-12-18(19)22(15(2)23(24)28)26-25-20-14-8-10-16-9-4-5-11-17(16)20/h3-14,28H,1H2,2H3. The van der Waals surface area contributed by atoms with E-state index in [1.807, 2.05) is 54.6 Å². The van der Waals surface area contributed by atoms with Crippen molar-refractivity contribution in [1.82, 2.24) is 0 Å². The molecule has 0 aliphatic heterocycles. The summed E-state index contributed by atoms with van der Waals surface area (Å²) in [5.41, 5.74) is 1.72. The predicted molar refractivity (Wildman–Crippen MR) is 114 cm³/mol. The summed E-state index contributed by atoms with van der Waals surface area (Å²) in [7, 11) is 0. The van der Waals surface area contributed by atoms with Crippen molar-refractivity contribution in [3.63, 3.8) is 0 Å². The number of rotatable bonds is 4. The minimum atomic E-state index is -0.644. The topological polar surface area (TPSA) is 71.2 Å². The molecule has 5 nitrogen and oxygen atoms in total. The van der Waals surface area contributed by atoms with Crippen molar-refractivity contribution in [1.29, 1.82) is 0 Å². The van der Waals surface area contributed by atoms with Gasteiger partial charge in [-0.05, 0) is 18.4 Å². The van der Waals surface area contributed by atoms with Crippen molar-refractivity contribution in [2.75, 3.05) is 0 Å².